The van der Waals surface area contributed by atoms with Crippen molar-refractivity contribution in [2.45, 2.75) is 32.4 Å². The molecule has 3 heterocycles. The van der Waals surface area contributed by atoms with Gasteiger partial charge in [-0.1, -0.05) is 12.1 Å². The molecule has 2 aliphatic rings. The fourth-order valence-electron chi connectivity index (χ4n) is 3.56. The highest BCUT2D eigenvalue weighted by Gasteiger charge is 2.21. The molecular weight excluding hydrogens is 380 g/mol. The average molecular weight is 405 g/mol. The van der Waals surface area contributed by atoms with Gasteiger partial charge in [-0.2, -0.15) is 5.10 Å². The number of halogens is 1. The second kappa shape index (κ2) is 9.07. The number of hydrogen-bond donors (Lipinski definition) is 4. The lowest BCUT2D eigenvalue weighted by molar-refractivity contribution is 0.0944. The van der Waals surface area contributed by atoms with Crippen molar-refractivity contribution in [3.8, 4) is 0 Å². The molecule has 1 aromatic heterocycles. The number of amides is 3. The van der Waals surface area contributed by atoms with Crippen LogP contribution in [0.3, 0.4) is 0 Å². The number of nitrogens with one attached hydrogen (secondary N) is 4. The SMILES string of the molecule is Cl.O=C(NCc1cccc(NC(=O)N2CCCC2)c1)c1n[nH]c2c1CNCC2. The summed E-state index contributed by atoms with van der Waals surface area (Å²) < 4.78 is 0. The fraction of sp³-hybridized carbons (Fsp3) is 0.421. The predicted octanol–water partition coefficient (Wildman–Crippen LogP) is 2.03. The molecule has 0 saturated carbocycles. The van der Waals surface area contributed by atoms with Gasteiger partial charge in [0.15, 0.2) is 5.69 Å². The molecule has 9 heteroatoms. The fourth-order valence-corrected chi connectivity index (χ4v) is 3.56. The van der Waals surface area contributed by atoms with E-state index in [9.17, 15) is 9.59 Å². The van der Waals surface area contributed by atoms with Crippen LogP contribution in [-0.2, 0) is 19.5 Å². The van der Waals surface area contributed by atoms with E-state index >= 15 is 0 Å². The Kier molecular flexibility index (Phi) is 6.53. The van der Waals surface area contributed by atoms with Crippen LogP contribution in [0.2, 0.25) is 0 Å². The van der Waals surface area contributed by atoms with Gasteiger partial charge in [-0.25, -0.2) is 4.79 Å². The molecule has 4 rings (SSSR count). The van der Waals surface area contributed by atoms with Crippen molar-refractivity contribution in [1.82, 2.24) is 25.7 Å². The van der Waals surface area contributed by atoms with Gasteiger partial charge in [0.05, 0.1) is 0 Å². The van der Waals surface area contributed by atoms with Crippen molar-refractivity contribution in [3.05, 3.63) is 46.8 Å². The third-order valence-electron chi connectivity index (χ3n) is 5.05. The molecule has 4 N–H and O–H groups in total. The summed E-state index contributed by atoms with van der Waals surface area (Å²) in [5, 5.41) is 16.2. The number of urea groups is 1. The molecule has 28 heavy (non-hydrogen) atoms. The van der Waals surface area contributed by atoms with Crippen LogP contribution in [0.5, 0.6) is 0 Å². The zero-order valence-electron chi connectivity index (χ0n) is 15.6. The van der Waals surface area contributed by atoms with Gasteiger partial charge >= 0.3 is 6.03 Å². The summed E-state index contributed by atoms with van der Waals surface area (Å²) in [6, 6.07) is 7.48. The topological polar surface area (TPSA) is 102 Å². The Hall–Kier alpha value is -2.58. The normalized spacial score (nSPS) is 15.5. The standard InChI is InChI=1S/C19H24N6O2.ClH/c26-18(17-15-12-20-7-6-16(15)23-24-17)21-11-13-4-3-5-14(10-13)22-19(27)25-8-1-2-9-25;/h3-5,10,20H,1-2,6-9,11-12H2,(H,21,26)(H,22,27)(H,23,24);1H. The summed E-state index contributed by atoms with van der Waals surface area (Å²) in [7, 11) is 0. The van der Waals surface area contributed by atoms with Gasteiger partial charge in [0, 0.05) is 56.1 Å². The third-order valence-corrected chi connectivity index (χ3v) is 5.05. The number of likely N-dealkylation sites (tertiary alicyclic amines) is 1. The van der Waals surface area contributed by atoms with Gasteiger partial charge in [0.2, 0.25) is 0 Å². The lowest BCUT2D eigenvalue weighted by Crippen LogP contribution is -2.32. The molecule has 1 aromatic carbocycles. The summed E-state index contributed by atoms with van der Waals surface area (Å²) in [4.78, 5) is 26.5. The minimum absolute atomic E-state index is 0. The van der Waals surface area contributed by atoms with E-state index in [0.29, 0.717) is 18.8 Å². The number of benzene rings is 1. The summed E-state index contributed by atoms with van der Waals surface area (Å²) in [5.41, 5.74) is 4.09. The Labute approximate surface area is 169 Å². The van der Waals surface area contributed by atoms with E-state index in [-0.39, 0.29) is 24.3 Å². The highest BCUT2D eigenvalue weighted by atomic mass is 35.5. The summed E-state index contributed by atoms with van der Waals surface area (Å²) >= 11 is 0. The molecule has 1 saturated heterocycles. The van der Waals surface area contributed by atoms with Gasteiger partial charge in [0.25, 0.3) is 5.91 Å². The van der Waals surface area contributed by atoms with Crippen LogP contribution < -0.4 is 16.0 Å². The van der Waals surface area contributed by atoms with Crippen molar-refractivity contribution in [1.29, 1.82) is 0 Å². The van der Waals surface area contributed by atoms with Crippen LogP contribution in [0, 0.1) is 0 Å². The Morgan fingerprint density at radius 3 is 2.86 bits per heavy atom. The number of carbonyl (C=O) groups is 2. The monoisotopic (exact) mass is 404 g/mol. The number of nitrogens with zero attached hydrogens (tertiary/aromatic N) is 2. The molecule has 2 aliphatic heterocycles. The molecule has 8 nitrogen and oxygen atoms in total. The summed E-state index contributed by atoms with van der Waals surface area (Å²) in [6.07, 6.45) is 2.98. The maximum atomic E-state index is 12.5. The van der Waals surface area contributed by atoms with Crippen LogP contribution >= 0.6 is 12.4 Å². The first-order valence-electron chi connectivity index (χ1n) is 9.40. The molecule has 2 aromatic rings. The molecule has 0 spiro atoms. The Bertz CT molecular complexity index is 847. The number of aromatic amines is 1. The van der Waals surface area contributed by atoms with Gasteiger partial charge in [0.1, 0.15) is 0 Å². The first-order chi connectivity index (χ1) is 13.2. The number of hydrogen-bond acceptors (Lipinski definition) is 4. The van der Waals surface area contributed by atoms with E-state index in [1.165, 1.54) is 0 Å². The number of aromatic nitrogens is 2. The molecule has 3 amide bonds. The molecule has 0 radical (unpaired) electrons. The number of anilines is 1. The van der Waals surface area contributed by atoms with E-state index in [1.807, 2.05) is 29.2 Å². The molecule has 0 atom stereocenters. The largest absolute Gasteiger partial charge is 0.347 e. The van der Waals surface area contributed by atoms with Crippen molar-refractivity contribution < 1.29 is 9.59 Å². The lowest BCUT2D eigenvalue weighted by Gasteiger charge is -2.16. The van der Waals surface area contributed by atoms with E-state index < -0.39 is 0 Å². The Balaban J connectivity index is 0.00000225. The summed E-state index contributed by atoms with van der Waals surface area (Å²) in [5.74, 6) is -0.192. The van der Waals surface area contributed by atoms with Crippen molar-refractivity contribution in [2.75, 3.05) is 25.0 Å². The van der Waals surface area contributed by atoms with E-state index in [1.54, 1.807) is 0 Å². The number of rotatable bonds is 4. The second-order valence-electron chi connectivity index (χ2n) is 6.96. The van der Waals surface area contributed by atoms with Crippen LogP contribution in [0.1, 0.15) is 40.2 Å². The number of carbonyl (C=O) groups excluding carboxylic acids is 2. The van der Waals surface area contributed by atoms with E-state index in [0.717, 1.165) is 61.4 Å². The Morgan fingerprint density at radius 1 is 1.21 bits per heavy atom. The van der Waals surface area contributed by atoms with Crippen LogP contribution in [0.15, 0.2) is 24.3 Å². The van der Waals surface area contributed by atoms with Crippen molar-refractivity contribution in [2.24, 2.45) is 0 Å². The maximum absolute atomic E-state index is 12.5. The zero-order chi connectivity index (χ0) is 18.6. The third kappa shape index (κ3) is 4.45. The zero-order valence-corrected chi connectivity index (χ0v) is 16.4. The van der Waals surface area contributed by atoms with Gasteiger partial charge in [-0.3, -0.25) is 9.89 Å². The minimum Gasteiger partial charge on any atom is -0.347 e. The van der Waals surface area contributed by atoms with Crippen LogP contribution in [0.25, 0.3) is 0 Å². The summed E-state index contributed by atoms with van der Waals surface area (Å²) in [6.45, 7) is 3.55. The lowest BCUT2D eigenvalue weighted by atomic mass is 10.1. The molecule has 1 fully saturated rings. The van der Waals surface area contributed by atoms with Crippen LogP contribution in [0.4, 0.5) is 10.5 Å². The highest BCUT2D eigenvalue weighted by molar-refractivity contribution is 5.94. The first-order valence-corrected chi connectivity index (χ1v) is 9.40. The smallest absolute Gasteiger partial charge is 0.321 e. The molecular formula is C19H25ClN6O2. The van der Waals surface area contributed by atoms with E-state index in [4.69, 9.17) is 0 Å². The van der Waals surface area contributed by atoms with Gasteiger partial charge in [-0.05, 0) is 30.5 Å². The van der Waals surface area contributed by atoms with E-state index in [2.05, 4.69) is 26.1 Å². The van der Waals surface area contributed by atoms with Crippen molar-refractivity contribution in [3.63, 3.8) is 0 Å². The molecule has 0 aliphatic carbocycles. The molecule has 0 bridgehead atoms. The van der Waals surface area contributed by atoms with Crippen LogP contribution in [-0.4, -0.2) is 46.7 Å². The quantitative estimate of drug-likeness (QED) is 0.626. The minimum atomic E-state index is -0.192. The first kappa shape index (κ1) is 20.2. The maximum Gasteiger partial charge on any atom is 0.321 e. The van der Waals surface area contributed by atoms with Crippen molar-refractivity contribution >= 4 is 30.0 Å². The van der Waals surface area contributed by atoms with Gasteiger partial charge < -0.3 is 20.9 Å². The second-order valence-corrected chi connectivity index (χ2v) is 6.96. The number of fused-ring (bicyclic) bond motifs is 1. The highest BCUT2D eigenvalue weighted by Crippen LogP contribution is 2.16. The Morgan fingerprint density at radius 2 is 2.04 bits per heavy atom. The average Bonchev–Trinajstić information content (AvgIpc) is 3.36. The van der Waals surface area contributed by atoms with Gasteiger partial charge in [-0.15, -0.1) is 12.4 Å². The molecule has 0 unspecified atom stereocenters. The predicted molar refractivity (Wildman–Crippen MR) is 109 cm³/mol. The number of H-pyrrole nitrogens is 1. The molecule has 150 valence electrons.